The largest absolute Gasteiger partial charge is 0.416 e. The molecule has 90 valence electrons. The molecule has 0 saturated carbocycles. The van der Waals surface area contributed by atoms with Crippen LogP contribution in [0.5, 0.6) is 0 Å². The Bertz CT molecular complexity index is 374. The van der Waals surface area contributed by atoms with E-state index in [1.807, 2.05) is 25.9 Å². The third kappa shape index (κ3) is 2.89. The van der Waals surface area contributed by atoms with Crippen molar-refractivity contribution in [2.24, 2.45) is 0 Å². The lowest BCUT2D eigenvalue weighted by Gasteiger charge is -2.21. The molecular formula is C11H13ClF3N. The second kappa shape index (κ2) is 4.63. The van der Waals surface area contributed by atoms with E-state index in [0.717, 1.165) is 12.1 Å². The predicted molar refractivity (Wildman–Crippen MR) is 58.6 cm³/mol. The third-order valence-corrected chi connectivity index (χ3v) is 2.88. The van der Waals surface area contributed by atoms with E-state index in [9.17, 15) is 13.2 Å². The summed E-state index contributed by atoms with van der Waals surface area (Å²) in [5.41, 5.74) is -0.0214. The fraction of sp³-hybridized carbons (Fsp3) is 0.455. The van der Waals surface area contributed by atoms with Gasteiger partial charge < -0.3 is 4.90 Å². The number of hydrogen-bond donors (Lipinski definition) is 0. The zero-order valence-electron chi connectivity index (χ0n) is 9.27. The van der Waals surface area contributed by atoms with Gasteiger partial charge in [-0.15, -0.1) is 0 Å². The molecule has 16 heavy (non-hydrogen) atoms. The molecular weight excluding hydrogens is 239 g/mol. The Morgan fingerprint density at radius 3 is 2.19 bits per heavy atom. The highest BCUT2D eigenvalue weighted by molar-refractivity contribution is 6.31. The second-order valence-electron chi connectivity index (χ2n) is 3.87. The molecule has 5 heteroatoms. The monoisotopic (exact) mass is 251 g/mol. The average molecular weight is 252 g/mol. The van der Waals surface area contributed by atoms with Crippen LogP contribution in [0.4, 0.5) is 13.2 Å². The van der Waals surface area contributed by atoms with Gasteiger partial charge >= 0.3 is 6.18 Å². The fourth-order valence-electron chi connectivity index (χ4n) is 1.32. The second-order valence-corrected chi connectivity index (χ2v) is 4.28. The maximum absolute atomic E-state index is 12.4. The van der Waals surface area contributed by atoms with Crippen LogP contribution >= 0.6 is 11.6 Å². The average Bonchev–Trinajstić information content (AvgIpc) is 2.15. The maximum Gasteiger partial charge on any atom is 0.416 e. The number of rotatable bonds is 2. The van der Waals surface area contributed by atoms with Crippen molar-refractivity contribution in [3.05, 3.63) is 34.3 Å². The van der Waals surface area contributed by atoms with Gasteiger partial charge in [0.15, 0.2) is 0 Å². The molecule has 0 aliphatic carbocycles. The first kappa shape index (κ1) is 13.3. The number of hydrogen-bond acceptors (Lipinski definition) is 1. The molecule has 0 aliphatic heterocycles. The van der Waals surface area contributed by atoms with E-state index < -0.39 is 11.7 Å². The van der Waals surface area contributed by atoms with Crippen LogP contribution in [0.15, 0.2) is 18.2 Å². The summed E-state index contributed by atoms with van der Waals surface area (Å²) in [6, 6.07) is 3.43. The highest BCUT2D eigenvalue weighted by Crippen LogP contribution is 2.34. The van der Waals surface area contributed by atoms with Crippen LogP contribution < -0.4 is 0 Å². The molecule has 0 spiro atoms. The Kier molecular flexibility index (Phi) is 3.86. The van der Waals surface area contributed by atoms with Gasteiger partial charge in [0.05, 0.1) is 5.56 Å². The van der Waals surface area contributed by atoms with Crippen LogP contribution in [0.25, 0.3) is 0 Å². The Morgan fingerprint density at radius 1 is 1.25 bits per heavy atom. The van der Waals surface area contributed by atoms with E-state index in [-0.39, 0.29) is 11.1 Å². The van der Waals surface area contributed by atoms with E-state index in [4.69, 9.17) is 11.6 Å². The van der Waals surface area contributed by atoms with Gasteiger partial charge in [0, 0.05) is 11.1 Å². The van der Waals surface area contributed by atoms with Crippen molar-refractivity contribution >= 4 is 11.6 Å². The third-order valence-electron chi connectivity index (χ3n) is 2.55. The molecule has 0 saturated heterocycles. The summed E-state index contributed by atoms with van der Waals surface area (Å²) < 4.78 is 37.2. The molecule has 0 radical (unpaired) electrons. The summed E-state index contributed by atoms with van der Waals surface area (Å²) >= 11 is 5.85. The van der Waals surface area contributed by atoms with Crippen LogP contribution in [-0.2, 0) is 6.18 Å². The van der Waals surface area contributed by atoms with Crippen LogP contribution in [0.1, 0.15) is 24.1 Å². The molecule has 0 bridgehead atoms. The first-order valence-corrected chi connectivity index (χ1v) is 5.14. The summed E-state index contributed by atoms with van der Waals surface area (Å²) in [7, 11) is 3.69. The lowest BCUT2D eigenvalue weighted by atomic mass is 10.1. The van der Waals surface area contributed by atoms with Crippen LogP contribution in [0, 0.1) is 0 Å². The molecule has 1 nitrogen and oxygen atoms in total. The normalized spacial score (nSPS) is 14.2. The Morgan fingerprint density at radius 2 is 1.81 bits per heavy atom. The van der Waals surface area contributed by atoms with Gasteiger partial charge in [-0.1, -0.05) is 17.7 Å². The summed E-state index contributed by atoms with van der Waals surface area (Å²) in [5.74, 6) is 0. The van der Waals surface area contributed by atoms with Crippen molar-refractivity contribution in [1.29, 1.82) is 0 Å². The maximum atomic E-state index is 12.4. The number of benzene rings is 1. The van der Waals surface area contributed by atoms with Gasteiger partial charge in [0.2, 0.25) is 0 Å². The minimum atomic E-state index is -4.34. The smallest absolute Gasteiger partial charge is 0.303 e. The summed E-state index contributed by atoms with van der Waals surface area (Å²) in [6.45, 7) is 1.88. The van der Waals surface area contributed by atoms with Gasteiger partial charge in [-0.05, 0) is 38.7 Å². The van der Waals surface area contributed by atoms with Gasteiger partial charge in [-0.2, -0.15) is 13.2 Å². The molecule has 1 unspecified atom stereocenters. The highest BCUT2D eigenvalue weighted by Gasteiger charge is 2.31. The molecule has 0 aromatic heterocycles. The fourth-order valence-corrected chi connectivity index (χ4v) is 1.66. The molecule has 0 aliphatic rings. The van der Waals surface area contributed by atoms with E-state index in [1.54, 1.807) is 0 Å². The lowest BCUT2D eigenvalue weighted by molar-refractivity contribution is -0.137. The van der Waals surface area contributed by atoms with Gasteiger partial charge in [-0.3, -0.25) is 0 Å². The van der Waals surface area contributed by atoms with E-state index >= 15 is 0 Å². The van der Waals surface area contributed by atoms with Crippen LogP contribution in [0.3, 0.4) is 0 Å². The molecule has 0 heterocycles. The van der Waals surface area contributed by atoms with Crippen molar-refractivity contribution in [3.63, 3.8) is 0 Å². The molecule has 0 N–H and O–H groups in total. The topological polar surface area (TPSA) is 3.24 Å². The number of halogens is 4. The first-order chi connectivity index (χ1) is 7.23. The molecule has 1 atom stereocenters. The minimum Gasteiger partial charge on any atom is -0.303 e. The number of nitrogens with zero attached hydrogens (tertiary/aromatic N) is 1. The van der Waals surface area contributed by atoms with E-state index in [0.29, 0.717) is 5.56 Å². The molecule has 1 aromatic rings. The Hall–Kier alpha value is -0.740. The first-order valence-electron chi connectivity index (χ1n) is 4.76. The Labute approximate surface area is 97.8 Å². The predicted octanol–water partition coefficient (Wildman–Crippen LogP) is 3.98. The molecule has 0 amide bonds. The van der Waals surface area contributed by atoms with Gasteiger partial charge in [0.25, 0.3) is 0 Å². The summed E-state index contributed by atoms with van der Waals surface area (Å²) in [6.07, 6.45) is -4.34. The van der Waals surface area contributed by atoms with Crippen molar-refractivity contribution in [3.8, 4) is 0 Å². The molecule has 0 fully saturated rings. The van der Waals surface area contributed by atoms with Crippen molar-refractivity contribution in [2.45, 2.75) is 19.1 Å². The summed E-state index contributed by atoms with van der Waals surface area (Å²) in [5, 5.41) is 0.149. The van der Waals surface area contributed by atoms with Crippen molar-refractivity contribution in [1.82, 2.24) is 4.90 Å². The quantitative estimate of drug-likeness (QED) is 0.768. The van der Waals surface area contributed by atoms with E-state index in [2.05, 4.69) is 0 Å². The van der Waals surface area contributed by atoms with Crippen molar-refractivity contribution in [2.75, 3.05) is 14.1 Å². The molecule has 1 aromatic carbocycles. The standard InChI is InChI=1S/C11H13ClF3N/c1-7(16(2)3)9-5-4-8(6-10(9)12)11(13,14)15/h4-7H,1-3H3. The zero-order valence-corrected chi connectivity index (χ0v) is 10.0. The highest BCUT2D eigenvalue weighted by atomic mass is 35.5. The SMILES string of the molecule is CC(c1ccc(C(F)(F)F)cc1Cl)N(C)C. The molecule has 1 rings (SSSR count). The summed E-state index contributed by atoms with van der Waals surface area (Å²) in [4.78, 5) is 1.88. The van der Waals surface area contributed by atoms with Crippen LogP contribution in [0.2, 0.25) is 5.02 Å². The van der Waals surface area contributed by atoms with E-state index in [1.165, 1.54) is 6.07 Å². The van der Waals surface area contributed by atoms with Gasteiger partial charge in [0.1, 0.15) is 0 Å². The minimum absolute atomic E-state index is 0.0187. The number of alkyl halides is 3. The zero-order chi connectivity index (χ0) is 12.5. The van der Waals surface area contributed by atoms with Crippen LogP contribution in [-0.4, -0.2) is 19.0 Å². The van der Waals surface area contributed by atoms with Gasteiger partial charge in [-0.25, -0.2) is 0 Å². The Balaban J connectivity index is 3.10. The van der Waals surface area contributed by atoms with Crippen molar-refractivity contribution < 1.29 is 13.2 Å². The lowest BCUT2D eigenvalue weighted by Crippen LogP contribution is -2.17.